The van der Waals surface area contributed by atoms with Crippen molar-refractivity contribution >= 4 is 18.1 Å². The van der Waals surface area contributed by atoms with E-state index in [9.17, 15) is 0 Å². The predicted molar refractivity (Wildman–Crippen MR) is 63.1 cm³/mol. The number of nitrogen functional groups attached to an aromatic ring is 1. The Labute approximate surface area is 91.9 Å². The van der Waals surface area contributed by atoms with Crippen molar-refractivity contribution in [3.63, 3.8) is 0 Å². The Balaban J connectivity index is 0.00000169. The molecule has 2 N–H and O–H groups in total. The fourth-order valence-corrected chi connectivity index (χ4v) is 1.02. The van der Waals surface area contributed by atoms with Gasteiger partial charge in [-0.05, 0) is 24.5 Å². The van der Waals surface area contributed by atoms with Gasteiger partial charge in [-0.1, -0.05) is 26.0 Å². The molecule has 0 saturated heterocycles. The first kappa shape index (κ1) is 13.1. The van der Waals surface area contributed by atoms with Crippen molar-refractivity contribution in [3.05, 3.63) is 24.3 Å². The van der Waals surface area contributed by atoms with E-state index in [1.807, 2.05) is 24.3 Å². The van der Waals surface area contributed by atoms with Gasteiger partial charge in [0, 0.05) is 0 Å². The summed E-state index contributed by atoms with van der Waals surface area (Å²) in [6.45, 7) is 5.10. The summed E-state index contributed by atoms with van der Waals surface area (Å²) in [6, 6.07) is 7.59. The molecule has 0 aliphatic rings. The first-order valence-corrected chi connectivity index (χ1v) is 4.67. The van der Waals surface area contributed by atoms with Crippen LogP contribution in [0.15, 0.2) is 24.3 Å². The molecule has 0 unspecified atom stereocenters. The van der Waals surface area contributed by atoms with E-state index >= 15 is 0 Å². The Morgan fingerprint density at radius 2 is 1.93 bits per heavy atom. The van der Waals surface area contributed by atoms with Crippen LogP contribution < -0.4 is 10.5 Å². The van der Waals surface area contributed by atoms with Gasteiger partial charge >= 0.3 is 0 Å². The summed E-state index contributed by atoms with van der Waals surface area (Å²) in [5.41, 5.74) is 6.43. The Hall–Kier alpha value is -0.890. The third kappa shape index (κ3) is 4.38. The molecular weight excluding hydrogens is 198 g/mol. The second-order valence-electron chi connectivity index (χ2n) is 3.57. The minimum atomic E-state index is 0. The third-order valence-electron chi connectivity index (χ3n) is 1.87. The number of anilines is 1. The van der Waals surface area contributed by atoms with Crippen LogP contribution in [0, 0.1) is 5.92 Å². The molecule has 0 fully saturated rings. The van der Waals surface area contributed by atoms with Gasteiger partial charge in [-0.2, -0.15) is 0 Å². The van der Waals surface area contributed by atoms with Crippen LogP contribution in [-0.4, -0.2) is 6.61 Å². The SMILES string of the molecule is CC(C)CCOc1ccccc1N.Cl. The predicted octanol–water partition coefficient (Wildman–Crippen LogP) is 3.12. The molecule has 0 radical (unpaired) electrons. The molecule has 0 spiro atoms. The van der Waals surface area contributed by atoms with Gasteiger partial charge < -0.3 is 10.5 Å². The van der Waals surface area contributed by atoms with Crippen molar-refractivity contribution in [2.75, 3.05) is 12.3 Å². The van der Waals surface area contributed by atoms with E-state index < -0.39 is 0 Å². The molecule has 0 bridgehead atoms. The summed E-state index contributed by atoms with van der Waals surface area (Å²) in [5.74, 6) is 1.47. The highest BCUT2D eigenvalue weighted by molar-refractivity contribution is 5.85. The van der Waals surface area contributed by atoms with Crippen LogP contribution in [0.1, 0.15) is 20.3 Å². The summed E-state index contributed by atoms with van der Waals surface area (Å²) >= 11 is 0. The maximum absolute atomic E-state index is 5.71. The first-order valence-electron chi connectivity index (χ1n) is 4.67. The molecule has 0 aromatic heterocycles. The fourth-order valence-electron chi connectivity index (χ4n) is 1.02. The quantitative estimate of drug-likeness (QED) is 0.784. The van der Waals surface area contributed by atoms with Gasteiger partial charge in [-0.3, -0.25) is 0 Å². The average Bonchev–Trinajstić information content (AvgIpc) is 2.08. The second-order valence-corrected chi connectivity index (χ2v) is 3.57. The molecular formula is C11H18ClNO. The minimum Gasteiger partial charge on any atom is -0.491 e. The smallest absolute Gasteiger partial charge is 0.142 e. The Kier molecular flexibility index (Phi) is 6.13. The van der Waals surface area contributed by atoms with Crippen LogP contribution in [0.5, 0.6) is 5.75 Å². The minimum absolute atomic E-state index is 0. The van der Waals surface area contributed by atoms with Crippen LogP contribution in [0.3, 0.4) is 0 Å². The number of rotatable bonds is 4. The van der Waals surface area contributed by atoms with Crippen LogP contribution in [0.2, 0.25) is 0 Å². The van der Waals surface area contributed by atoms with Crippen LogP contribution in [0.25, 0.3) is 0 Å². The van der Waals surface area contributed by atoms with Crippen molar-refractivity contribution in [1.82, 2.24) is 0 Å². The maximum atomic E-state index is 5.71. The second kappa shape index (κ2) is 6.55. The molecule has 80 valence electrons. The number of ether oxygens (including phenoxy) is 1. The zero-order chi connectivity index (χ0) is 9.68. The molecule has 0 atom stereocenters. The highest BCUT2D eigenvalue weighted by Gasteiger charge is 1.98. The highest BCUT2D eigenvalue weighted by Crippen LogP contribution is 2.20. The van der Waals surface area contributed by atoms with Crippen molar-refractivity contribution in [2.24, 2.45) is 5.92 Å². The van der Waals surface area contributed by atoms with Gasteiger partial charge in [-0.25, -0.2) is 0 Å². The van der Waals surface area contributed by atoms with E-state index in [1.165, 1.54) is 0 Å². The lowest BCUT2D eigenvalue weighted by molar-refractivity contribution is 0.291. The molecule has 1 rings (SSSR count). The number of hydrogen-bond acceptors (Lipinski definition) is 2. The van der Waals surface area contributed by atoms with Crippen LogP contribution in [0.4, 0.5) is 5.69 Å². The summed E-state index contributed by atoms with van der Waals surface area (Å²) in [6.07, 6.45) is 1.06. The summed E-state index contributed by atoms with van der Waals surface area (Å²) in [4.78, 5) is 0. The van der Waals surface area contributed by atoms with Gasteiger partial charge in [0.05, 0.1) is 12.3 Å². The monoisotopic (exact) mass is 215 g/mol. The van der Waals surface area contributed by atoms with Crippen LogP contribution in [-0.2, 0) is 0 Å². The highest BCUT2D eigenvalue weighted by atomic mass is 35.5. The maximum Gasteiger partial charge on any atom is 0.142 e. The van der Waals surface area contributed by atoms with E-state index in [2.05, 4.69) is 13.8 Å². The van der Waals surface area contributed by atoms with E-state index in [0.29, 0.717) is 11.6 Å². The molecule has 0 aliphatic carbocycles. The normalized spacial score (nSPS) is 9.64. The lowest BCUT2D eigenvalue weighted by atomic mass is 10.1. The molecule has 0 aliphatic heterocycles. The topological polar surface area (TPSA) is 35.2 Å². The number of benzene rings is 1. The lowest BCUT2D eigenvalue weighted by Gasteiger charge is -2.09. The zero-order valence-corrected chi connectivity index (χ0v) is 9.51. The van der Waals surface area contributed by atoms with Gasteiger partial charge in [0.1, 0.15) is 5.75 Å². The molecule has 0 amide bonds. The van der Waals surface area contributed by atoms with Crippen molar-refractivity contribution in [1.29, 1.82) is 0 Å². The Bertz CT molecular complexity index is 263. The van der Waals surface area contributed by atoms with Gasteiger partial charge in [0.15, 0.2) is 0 Å². The number of para-hydroxylation sites is 2. The Morgan fingerprint density at radius 3 is 2.50 bits per heavy atom. The van der Waals surface area contributed by atoms with E-state index in [4.69, 9.17) is 10.5 Å². The molecule has 0 saturated carbocycles. The van der Waals surface area contributed by atoms with E-state index in [0.717, 1.165) is 18.8 Å². The average molecular weight is 216 g/mol. The first-order chi connectivity index (χ1) is 6.20. The zero-order valence-electron chi connectivity index (χ0n) is 8.69. The third-order valence-corrected chi connectivity index (χ3v) is 1.87. The molecule has 0 heterocycles. The summed E-state index contributed by atoms with van der Waals surface area (Å²) in [7, 11) is 0. The molecule has 3 heteroatoms. The molecule has 1 aromatic rings. The number of halogens is 1. The number of hydrogen-bond donors (Lipinski definition) is 1. The fraction of sp³-hybridized carbons (Fsp3) is 0.455. The van der Waals surface area contributed by atoms with E-state index in [1.54, 1.807) is 0 Å². The van der Waals surface area contributed by atoms with E-state index in [-0.39, 0.29) is 12.4 Å². The summed E-state index contributed by atoms with van der Waals surface area (Å²) in [5, 5.41) is 0. The van der Waals surface area contributed by atoms with Gasteiger partial charge in [0.2, 0.25) is 0 Å². The van der Waals surface area contributed by atoms with Gasteiger partial charge in [0.25, 0.3) is 0 Å². The standard InChI is InChI=1S/C11H17NO.ClH/c1-9(2)7-8-13-11-6-4-3-5-10(11)12;/h3-6,9H,7-8,12H2,1-2H3;1H. The Morgan fingerprint density at radius 1 is 1.29 bits per heavy atom. The van der Waals surface area contributed by atoms with Gasteiger partial charge in [-0.15, -0.1) is 12.4 Å². The number of nitrogens with two attached hydrogens (primary N) is 1. The van der Waals surface area contributed by atoms with Crippen molar-refractivity contribution in [3.8, 4) is 5.75 Å². The largest absolute Gasteiger partial charge is 0.491 e. The van der Waals surface area contributed by atoms with Crippen LogP contribution >= 0.6 is 12.4 Å². The summed E-state index contributed by atoms with van der Waals surface area (Å²) < 4.78 is 5.52. The lowest BCUT2D eigenvalue weighted by Crippen LogP contribution is -2.03. The van der Waals surface area contributed by atoms with Crippen molar-refractivity contribution < 1.29 is 4.74 Å². The molecule has 1 aromatic carbocycles. The molecule has 2 nitrogen and oxygen atoms in total. The molecule has 14 heavy (non-hydrogen) atoms. The van der Waals surface area contributed by atoms with Crippen molar-refractivity contribution in [2.45, 2.75) is 20.3 Å².